The number of benzene rings is 1. The second-order valence-electron chi connectivity index (χ2n) is 6.82. The molecule has 3 aromatic rings. The standard InChI is InChI=1S/C19H21N5O3/c1-13(25)17-9-14-10-22(7-4-8-24(14)21-17)18(26)11-23-12-20-16-6-3-2-5-15(16)19(23)27/h2-3,5-6,9,12-13,25H,4,7-8,10-11H2,1H3/t13-/m1/s1. The maximum absolute atomic E-state index is 12.8. The molecule has 1 atom stereocenters. The number of hydrogen-bond donors (Lipinski definition) is 1. The molecule has 8 heteroatoms. The third kappa shape index (κ3) is 3.35. The first-order chi connectivity index (χ1) is 13.0. The van der Waals surface area contributed by atoms with Gasteiger partial charge in [0.25, 0.3) is 5.56 Å². The number of carbonyl (C=O) groups is 1. The fraction of sp³-hybridized carbons (Fsp3) is 0.368. The summed E-state index contributed by atoms with van der Waals surface area (Å²) in [7, 11) is 0. The van der Waals surface area contributed by atoms with Gasteiger partial charge in [-0.1, -0.05) is 12.1 Å². The van der Waals surface area contributed by atoms with Crippen LogP contribution in [0.3, 0.4) is 0 Å². The Hall–Kier alpha value is -3.00. The molecule has 0 spiro atoms. The minimum absolute atomic E-state index is 0.0476. The van der Waals surface area contributed by atoms with Crippen molar-refractivity contribution >= 4 is 16.8 Å². The molecule has 0 bridgehead atoms. The summed E-state index contributed by atoms with van der Waals surface area (Å²) in [4.78, 5) is 31.4. The molecule has 27 heavy (non-hydrogen) atoms. The quantitative estimate of drug-likeness (QED) is 0.748. The van der Waals surface area contributed by atoms with E-state index in [1.165, 1.54) is 10.9 Å². The van der Waals surface area contributed by atoms with Crippen LogP contribution in [0.15, 0.2) is 41.5 Å². The van der Waals surface area contributed by atoms with Crippen molar-refractivity contribution < 1.29 is 9.90 Å². The van der Waals surface area contributed by atoms with E-state index in [1.54, 1.807) is 30.0 Å². The molecular formula is C19H21N5O3. The predicted octanol–water partition coefficient (Wildman–Crippen LogP) is 1.08. The van der Waals surface area contributed by atoms with E-state index in [0.717, 1.165) is 12.1 Å². The van der Waals surface area contributed by atoms with Gasteiger partial charge in [-0.25, -0.2) is 4.98 Å². The van der Waals surface area contributed by atoms with Gasteiger partial charge < -0.3 is 10.0 Å². The van der Waals surface area contributed by atoms with E-state index in [0.29, 0.717) is 36.2 Å². The van der Waals surface area contributed by atoms with Gasteiger partial charge in [-0.2, -0.15) is 5.10 Å². The number of aryl methyl sites for hydroxylation is 1. The largest absolute Gasteiger partial charge is 0.387 e. The second kappa shape index (κ2) is 6.96. The number of rotatable bonds is 3. The number of para-hydroxylation sites is 1. The number of hydrogen-bond acceptors (Lipinski definition) is 5. The molecule has 1 amide bonds. The fourth-order valence-corrected chi connectivity index (χ4v) is 3.37. The highest BCUT2D eigenvalue weighted by atomic mass is 16.3. The second-order valence-corrected chi connectivity index (χ2v) is 6.82. The molecule has 0 aliphatic carbocycles. The van der Waals surface area contributed by atoms with E-state index in [2.05, 4.69) is 10.1 Å². The topological polar surface area (TPSA) is 93.2 Å². The van der Waals surface area contributed by atoms with Gasteiger partial charge in [0.15, 0.2) is 0 Å². The maximum Gasteiger partial charge on any atom is 0.261 e. The Morgan fingerprint density at radius 1 is 1.30 bits per heavy atom. The lowest BCUT2D eigenvalue weighted by Crippen LogP contribution is -2.36. The Morgan fingerprint density at radius 2 is 2.11 bits per heavy atom. The SMILES string of the molecule is C[C@@H](O)c1cc2n(n1)CCCN(C(=O)Cn1cnc3ccccc3c1=O)C2. The van der Waals surface area contributed by atoms with E-state index in [4.69, 9.17) is 0 Å². The van der Waals surface area contributed by atoms with Crippen LogP contribution in [0.1, 0.15) is 30.8 Å². The summed E-state index contributed by atoms with van der Waals surface area (Å²) >= 11 is 0. The van der Waals surface area contributed by atoms with Gasteiger partial charge in [-0.05, 0) is 31.5 Å². The number of carbonyl (C=O) groups excluding carboxylic acids is 1. The first kappa shape index (κ1) is 17.4. The average Bonchev–Trinajstić information content (AvgIpc) is 2.96. The Labute approximate surface area is 155 Å². The molecule has 140 valence electrons. The monoisotopic (exact) mass is 367 g/mol. The molecule has 1 N–H and O–H groups in total. The van der Waals surface area contributed by atoms with Crippen LogP contribution in [0.4, 0.5) is 0 Å². The van der Waals surface area contributed by atoms with Crippen molar-refractivity contribution in [3.8, 4) is 0 Å². The van der Waals surface area contributed by atoms with Crippen LogP contribution in [0.2, 0.25) is 0 Å². The Balaban J connectivity index is 1.56. The Morgan fingerprint density at radius 3 is 2.93 bits per heavy atom. The van der Waals surface area contributed by atoms with Crippen LogP contribution >= 0.6 is 0 Å². The molecule has 1 aromatic carbocycles. The number of amides is 1. The lowest BCUT2D eigenvalue weighted by atomic mass is 10.2. The van der Waals surface area contributed by atoms with E-state index >= 15 is 0 Å². The summed E-state index contributed by atoms with van der Waals surface area (Å²) in [5.74, 6) is -0.137. The highest BCUT2D eigenvalue weighted by molar-refractivity contribution is 5.79. The van der Waals surface area contributed by atoms with E-state index in [-0.39, 0.29) is 18.0 Å². The van der Waals surface area contributed by atoms with Crippen LogP contribution in [0.5, 0.6) is 0 Å². The highest BCUT2D eigenvalue weighted by Gasteiger charge is 2.22. The molecule has 1 aliphatic heterocycles. The number of fused-ring (bicyclic) bond motifs is 2. The molecule has 0 saturated heterocycles. The van der Waals surface area contributed by atoms with Gasteiger partial charge in [0.1, 0.15) is 6.54 Å². The molecule has 0 fully saturated rings. The maximum atomic E-state index is 12.8. The van der Waals surface area contributed by atoms with Crippen molar-refractivity contribution in [2.45, 2.75) is 39.1 Å². The minimum atomic E-state index is -0.643. The third-order valence-electron chi connectivity index (χ3n) is 4.85. The third-order valence-corrected chi connectivity index (χ3v) is 4.85. The van der Waals surface area contributed by atoms with E-state index in [9.17, 15) is 14.7 Å². The van der Waals surface area contributed by atoms with E-state index < -0.39 is 6.10 Å². The molecule has 0 saturated carbocycles. The fourth-order valence-electron chi connectivity index (χ4n) is 3.37. The smallest absolute Gasteiger partial charge is 0.261 e. The number of nitrogens with zero attached hydrogens (tertiary/aromatic N) is 5. The normalized spacial score (nSPS) is 15.4. The number of aliphatic hydroxyl groups excluding tert-OH is 1. The molecule has 0 unspecified atom stereocenters. The van der Waals surface area contributed by atoms with Gasteiger partial charge in [-0.15, -0.1) is 0 Å². The van der Waals surface area contributed by atoms with Crippen molar-refractivity contribution in [1.82, 2.24) is 24.2 Å². The summed E-state index contributed by atoms with van der Waals surface area (Å²) in [6.07, 6.45) is 1.55. The van der Waals surface area contributed by atoms with Crippen LogP contribution < -0.4 is 5.56 Å². The van der Waals surface area contributed by atoms with Crippen molar-refractivity contribution in [2.75, 3.05) is 6.54 Å². The summed E-state index contributed by atoms with van der Waals surface area (Å²) < 4.78 is 3.20. The molecule has 8 nitrogen and oxygen atoms in total. The van der Waals surface area contributed by atoms with Crippen molar-refractivity contribution in [2.24, 2.45) is 0 Å². The van der Waals surface area contributed by atoms with Gasteiger partial charge in [0.05, 0.1) is 41.3 Å². The van der Waals surface area contributed by atoms with Crippen LogP contribution in [-0.4, -0.2) is 41.8 Å². The summed E-state index contributed by atoms with van der Waals surface area (Å²) in [5.41, 5.74) is 1.90. The van der Waals surface area contributed by atoms with E-state index in [1.807, 2.05) is 16.8 Å². The van der Waals surface area contributed by atoms with Crippen molar-refractivity contribution in [3.05, 3.63) is 58.4 Å². The first-order valence-electron chi connectivity index (χ1n) is 8.99. The number of aromatic nitrogens is 4. The zero-order valence-electron chi connectivity index (χ0n) is 15.1. The average molecular weight is 367 g/mol. The summed E-state index contributed by atoms with van der Waals surface area (Å²) in [6.45, 7) is 3.33. The summed E-state index contributed by atoms with van der Waals surface area (Å²) in [5, 5.41) is 14.6. The molecule has 3 heterocycles. The zero-order valence-corrected chi connectivity index (χ0v) is 15.1. The van der Waals surface area contributed by atoms with Crippen molar-refractivity contribution in [3.63, 3.8) is 0 Å². The van der Waals surface area contributed by atoms with Gasteiger partial charge in [0.2, 0.25) is 5.91 Å². The van der Waals surface area contributed by atoms with Gasteiger partial charge >= 0.3 is 0 Å². The van der Waals surface area contributed by atoms with Gasteiger partial charge in [0, 0.05) is 13.1 Å². The summed E-state index contributed by atoms with van der Waals surface area (Å²) in [6, 6.07) is 8.94. The Kier molecular flexibility index (Phi) is 4.49. The number of aliphatic hydroxyl groups is 1. The zero-order chi connectivity index (χ0) is 19.0. The lowest BCUT2D eigenvalue weighted by Gasteiger charge is -2.20. The molecular weight excluding hydrogens is 346 g/mol. The van der Waals surface area contributed by atoms with Gasteiger partial charge in [-0.3, -0.25) is 18.8 Å². The molecule has 2 aromatic heterocycles. The van der Waals surface area contributed by atoms with Crippen molar-refractivity contribution in [1.29, 1.82) is 0 Å². The molecule has 4 rings (SSSR count). The minimum Gasteiger partial charge on any atom is -0.387 e. The van der Waals surface area contributed by atoms with Crippen LogP contribution in [0.25, 0.3) is 10.9 Å². The highest BCUT2D eigenvalue weighted by Crippen LogP contribution is 2.18. The molecule has 0 radical (unpaired) electrons. The molecule has 1 aliphatic rings. The predicted molar refractivity (Wildman–Crippen MR) is 98.9 cm³/mol. The van der Waals surface area contributed by atoms with Crippen LogP contribution in [-0.2, 0) is 24.4 Å². The van der Waals surface area contributed by atoms with Crippen LogP contribution in [0, 0.1) is 0 Å². The lowest BCUT2D eigenvalue weighted by molar-refractivity contribution is -0.132. The Bertz CT molecular complexity index is 1050. The first-order valence-corrected chi connectivity index (χ1v) is 8.99.